The average Bonchev–Trinajstić information content (AvgIpc) is 2.67. The first kappa shape index (κ1) is 20.0. The molecule has 26 heavy (non-hydrogen) atoms. The molecule has 0 spiro atoms. The van der Waals surface area contributed by atoms with Crippen LogP contribution in [0, 0.1) is 5.92 Å². The molecule has 1 aliphatic heterocycles. The van der Waals surface area contributed by atoms with Crippen LogP contribution < -0.4 is 10.1 Å². The Morgan fingerprint density at radius 2 is 2.00 bits per heavy atom. The lowest BCUT2D eigenvalue weighted by atomic mass is 9.97. The molecule has 1 aromatic rings. The van der Waals surface area contributed by atoms with Gasteiger partial charge in [0.1, 0.15) is 12.4 Å². The zero-order valence-corrected chi connectivity index (χ0v) is 15.5. The molecular formula is C19H28N2O5. The van der Waals surface area contributed by atoms with Crippen molar-refractivity contribution in [3.8, 4) is 5.75 Å². The Bertz CT molecular complexity index is 585. The van der Waals surface area contributed by atoms with E-state index in [1.165, 1.54) is 0 Å². The second kappa shape index (κ2) is 10.7. The quantitative estimate of drug-likeness (QED) is 0.533. The Labute approximate surface area is 154 Å². The number of hydrogen-bond acceptors (Lipinski definition) is 6. The molecule has 0 aliphatic carbocycles. The van der Waals surface area contributed by atoms with Gasteiger partial charge in [0.15, 0.2) is 0 Å². The van der Waals surface area contributed by atoms with Crippen LogP contribution in [-0.4, -0.2) is 63.3 Å². The van der Waals surface area contributed by atoms with Crippen LogP contribution >= 0.6 is 0 Å². The molecule has 0 bridgehead atoms. The second-order valence-electron chi connectivity index (χ2n) is 6.13. The summed E-state index contributed by atoms with van der Waals surface area (Å²) < 4.78 is 15.6. The summed E-state index contributed by atoms with van der Waals surface area (Å²) in [5.74, 6) is 0.517. The monoisotopic (exact) mass is 364 g/mol. The van der Waals surface area contributed by atoms with Gasteiger partial charge in [-0.1, -0.05) is 6.07 Å². The molecule has 7 nitrogen and oxygen atoms in total. The summed E-state index contributed by atoms with van der Waals surface area (Å²) in [4.78, 5) is 25.9. The summed E-state index contributed by atoms with van der Waals surface area (Å²) in [5, 5.41) is 3.13. The molecule has 0 saturated carbocycles. The molecule has 0 radical (unpaired) electrons. The van der Waals surface area contributed by atoms with E-state index in [4.69, 9.17) is 14.2 Å². The standard InChI is InChI=1S/C19H28N2O5/c1-3-25-19(23)15-7-9-21(10-8-15)18(22)14-20-16-5-4-6-17(13-16)26-12-11-24-2/h4-6,13,15,20H,3,7-12,14H2,1-2H3. The van der Waals surface area contributed by atoms with Crippen molar-refractivity contribution in [2.24, 2.45) is 5.92 Å². The molecule has 1 amide bonds. The molecule has 144 valence electrons. The second-order valence-corrected chi connectivity index (χ2v) is 6.13. The van der Waals surface area contributed by atoms with Gasteiger partial charge in [-0.25, -0.2) is 0 Å². The van der Waals surface area contributed by atoms with Gasteiger partial charge >= 0.3 is 5.97 Å². The lowest BCUT2D eigenvalue weighted by molar-refractivity contribution is -0.151. The number of hydrogen-bond donors (Lipinski definition) is 1. The number of rotatable bonds is 9. The van der Waals surface area contributed by atoms with Gasteiger partial charge in [0.25, 0.3) is 0 Å². The average molecular weight is 364 g/mol. The minimum atomic E-state index is -0.150. The Hall–Kier alpha value is -2.28. The number of methoxy groups -OCH3 is 1. The van der Waals surface area contributed by atoms with Crippen LogP contribution in [0.2, 0.25) is 0 Å². The van der Waals surface area contributed by atoms with Crippen LogP contribution in [0.15, 0.2) is 24.3 Å². The van der Waals surface area contributed by atoms with Crippen molar-refractivity contribution in [2.75, 3.05) is 51.9 Å². The minimum absolute atomic E-state index is 0.0259. The summed E-state index contributed by atoms with van der Waals surface area (Å²) in [6, 6.07) is 7.49. The van der Waals surface area contributed by atoms with Gasteiger partial charge < -0.3 is 24.4 Å². The van der Waals surface area contributed by atoms with Crippen LogP contribution in [0.5, 0.6) is 5.75 Å². The first-order valence-corrected chi connectivity index (χ1v) is 9.04. The van der Waals surface area contributed by atoms with Crippen LogP contribution in [-0.2, 0) is 19.1 Å². The summed E-state index contributed by atoms with van der Waals surface area (Å²) >= 11 is 0. The fourth-order valence-corrected chi connectivity index (χ4v) is 2.85. The van der Waals surface area contributed by atoms with E-state index in [0.717, 1.165) is 11.4 Å². The van der Waals surface area contributed by atoms with E-state index in [1.54, 1.807) is 18.9 Å². The smallest absolute Gasteiger partial charge is 0.309 e. The fraction of sp³-hybridized carbons (Fsp3) is 0.579. The Morgan fingerprint density at radius 1 is 1.23 bits per heavy atom. The van der Waals surface area contributed by atoms with E-state index < -0.39 is 0 Å². The van der Waals surface area contributed by atoms with Crippen molar-refractivity contribution in [2.45, 2.75) is 19.8 Å². The highest BCUT2D eigenvalue weighted by molar-refractivity contribution is 5.81. The maximum atomic E-state index is 12.4. The zero-order chi connectivity index (χ0) is 18.8. The van der Waals surface area contributed by atoms with E-state index in [1.807, 2.05) is 24.3 Å². The largest absolute Gasteiger partial charge is 0.491 e. The molecule has 0 atom stereocenters. The van der Waals surface area contributed by atoms with Crippen LogP contribution in [0.25, 0.3) is 0 Å². The third-order valence-electron chi connectivity index (χ3n) is 4.30. The summed E-state index contributed by atoms with van der Waals surface area (Å²) in [7, 11) is 1.63. The molecule has 2 rings (SSSR count). The van der Waals surface area contributed by atoms with Gasteiger partial charge in [-0.05, 0) is 31.9 Å². The van der Waals surface area contributed by atoms with Crippen molar-refractivity contribution in [1.82, 2.24) is 4.90 Å². The molecule has 1 heterocycles. The molecule has 1 aliphatic rings. The predicted molar refractivity (Wildman–Crippen MR) is 98.2 cm³/mol. The molecular weight excluding hydrogens is 336 g/mol. The van der Waals surface area contributed by atoms with E-state index in [2.05, 4.69) is 5.32 Å². The Kier molecular flexibility index (Phi) is 8.21. The maximum absolute atomic E-state index is 12.4. The molecule has 1 saturated heterocycles. The third-order valence-corrected chi connectivity index (χ3v) is 4.30. The molecule has 1 N–H and O–H groups in total. The van der Waals surface area contributed by atoms with Gasteiger partial charge in [0.05, 0.1) is 25.7 Å². The SMILES string of the molecule is CCOC(=O)C1CCN(C(=O)CNc2cccc(OCCOC)c2)CC1. The van der Waals surface area contributed by atoms with E-state index in [-0.39, 0.29) is 24.3 Å². The van der Waals surface area contributed by atoms with Gasteiger partial charge in [-0.2, -0.15) is 0 Å². The number of piperidine rings is 1. The number of amides is 1. The molecule has 0 unspecified atom stereocenters. The molecule has 1 aromatic carbocycles. The number of ether oxygens (including phenoxy) is 3. The van der Waals surface area contributed by atoms with Crippen molar-refractivity contribution in [1.29, 1.82) is 0 Å². The zero-order valence-electron chi connectivity index (χ0n) is 15.5. The lowest BCUT2D eigenvalue weighted by Gasteiger charge is -2.31. The van der Waals surface area contributed by atoms with Gasteiger partial charge in [0.2, 0.25) is 5.91 Å². The number of esters is 1. The van der Waals surface area contributed by atoms with Crippen molar-refractivity contribution in [3.05, 3.63) is 24.3 Å². The fourth-order valence-electron chi connectivity index (χ4n) is 2.85. The number of carbonyl (C=O) groups is 2. The minimum Gasteiger partial charge on any atom is -0.491 e. The topological polar surface area (TPSA) is 77.1 Å². The first-order chi connectivity index (χ1) is 12.6. The molecule has 1 fully saturated rings. The summed E-state index contributed by atoms with van der Waals surface area (Å²) in [6.45, 7) is 4.60. The third kappa shape index (κ3) is 6.22. The first-order valence-electron chi connectivity index (χ1n) is 9.04. The molecule has 0 aromatic heterocycles. The predicted octanol–water partition coefficient (Wildman–Crippen LogP) is 1.93. The summed E-state index contributed by atoms with van der Waals surface area (Å²) in [6.07, 6.45) is 1.32. The van der Waals surface area contributed by atoms with Crippen molar-refractivity contribution >= 4 is 17.6 Å². The number of likely N-dealkylation sites (tertiary alicyclic amines) is 1. The number of anilines is 1. The number of carbonyl (C=O) groups excluding carboxylic acids is 2. The van der Waals surface area contributed by atoms with Crippen molar-refractivity contribution in [3.63, 3.8) is 0 Å². The Morgan fingerprint density at radius 3 is 2.69 bits per heavy atom. The number of nitrogens with zero attached hydrogens (tertiary/aromatic N) is 1. The Balaban J connectivity index is 1.75. The maximum Gasteiger partial charge on any atom is 0.309 e. The van der Waals surface area contributed by atoms with Crippen LogP contribution in [0.4, 0.5) is 5.69 Å². The van der Waals surface area contributed by atoms with Gasteiger partial charge in [-0.15, -0.1) is 0 Å². The molecule has 7 heteroatoms. The van der Waals surface area contributed by atoms with Gasteiger partial charge in [-0.3, -0.25) is 9.59 Å². The summed E-state index contributed by atoms with van der Waals surface area (Å²) in [5.41, 5.74) is 0.828. The van der Waals surface area contributed by atoms with E-state index in [0.29, 0.717) is 45.8 Å². The van der Waals surface area contributed by atoms with Crippen LogP contribution in [0.1, 0.15) is 19.8 Å². The highest BCUT2D eigenvalue weighted by Gasteiger charge is 2.27. The lowest BCUT2D eigenvalue weighted by Crippen LogP contribution is -2.43. The number of nitrogens with one attached hydrogen (secondary N) is 1. The highest BCUT2D eigenvalue weighted by Crippen LogP contribution is 2.20. The van der Waals surface area contributed by atoms with E-state index >= 15 is 0 Å². The van der Waals surface area contributed by atoms with Gasteiger partial charge in [0, 0.05) is 32.0 Å². The van der Waals surface area contributed by atoms with Crippen LogP contribution in [0.3, 0.4) is 0 Å². The highest BCUT2D eigenvalue weighted by atomic mass is 16.5. The van der Waals surface area contributed by atoms with Crippen molar-refractivity contribution < 1.29 is 23.8 Å². The normalized spacial score (nSPS) is 14.8. The number of benzene rings is 1. The van der Waals surface area contributed by atoms with E-state index in [9.17, 15) is 9.59 Å².